The minimum Gasteiger partial charge on any atom is -0.347 e. The fraction of sp³-hybridized carbons (Fsp3) is 0.353. The Hall–Kier alpha value is -2.21. The van der Waals surface area contributed by atoms with Crippen LogP contribution >= 0.6 is 11.3 Å². The number of aromatic nitrogens is 1. The smallest absolute Gasteiger partial charge is 0.249 e. The summed E-state index contributed by atoms with van der Waals surface area (Å²) >= 11 is 1.55. The van der Waals surface area contributed by atoms with Gasteiger partial charge in [0.2, 0.25) is 11.8 Å². The molecule has 0 fully saturated rings. The lowest BCUT2D eigenvalue weighted by molar-refractivity contribution is -0.134. The second-order valence-electron chi connectivity index (χ2n) is 5.41. The van der Waals surface area contributed by atoms with Crippen molar-refractivity contribution in [2.75, 3.05) is 14.1 Å². The molecule has 1 aromatic carbocycles. The summed E-state index contributed by atoms with van der Waals surface area (Å²) < 4.78 is 0. The van der Waals surface area contributed by atoms with Gasteiger partial charge in [-0.25, -0.2) is 4.98 Å². The summed E-state index contributed by atoms with van der Waals surface area (Å²) in [5.41, 5.74) is 1.51. The van der Waals surface area contributed by atoms with Crippen molar-refractivity contribution >= 4 is 23.2 Å². The first-order chi connectivity index (χ1) is 11.0. The van der Waals surface area contributed by atoms with Gasteiger partial charge < -0.3 is 10.2 Å². The number of nitrogens with zero attached hydrogens (tertiary/aromatic N) is 2. The number of hydrogen-bond donors (Lipinski definition) is 1. The summed E-state index contributed by atoms with van der Waals surface area (Å²) in [6.45, 7) is 2.03. The van der Waals surface area contributed by atoms with E-state index in [1.54, 1.807) is 25.4 Å². The maximum absolute atomic E-state index is 12.4. The van der Waals surface area contributed by atoms with Crippen molar-refractivity contribution in [1.29, 1.82) is 0 Å². The van der Waals surface area contributed by atoms with E-state index in [9.17, 15) is 9.59 Å². The van der Waals surface area contributed by atoms with Crippen molar-refractivity contribution in [3.63, 3.8) is 0 Å². The number of amides is 2. The van der Waals surface area contributed by atoms with E-state index in [4.69, 9.17) is 0 Å². The van der Waals surface area contributed by atoms with Gasteiger partial charge >= 0.3 is 0 Å². The minimum absolute atomic E-state index is 0.155. The van der Waals surface area contributed by atoms with Gasteiger partial charge in [0.05, 0.1) is 17.1 Å². The molecule has 6 heteroatoms. The Bertz CT molecular complexity index is 667. The zero-order valence-corrected chi connectivity index (χ0v) is 14.4. The highest BCUT2D eigenvalue weighted by Crippen LogP contribution is 2.16. The average molecular weight is 331 g/mol. The van der Waals surface area contributed by atoms with E-state index in [-0.39, 0.29) is 18.2 Å². The zero-order chi connectivity index (χ0) is 16.8. The van der Waals surface area contributed by atoms with Crippen LogP contribution < -0.4 is 5.32 Å². The highest BCUT2D eigenvalue weighted by atomic mass is 32.1. The SMILES string of the molecule is CCc1nc(CC(=O)N[C@@H](C(=O)N(C)C)c2ccccc2)cs1. The molecular weight excluding hydrogens is 310 g/mol. The van der Waals surface area contributed by atoms with Crippen molar-refractivity contribution in [2.24, 2.45) is 0 Å². The molecule has 0 radical (unpaired) electrons. The molecule has 1 heterocycles. The first-order valence-electron chi connectivity index (χ1n) is 7.50. The number of benzene rings is 1. The normalized spacial score (nSPS) is 11.8. The molecule has 2 amide bonds. The topological polar surface area (TPSA) is 62.3 Å². The quantitative estimate of drug-likeness (QED) is 0.882. The number of nitrogens with one attached hydrogen (secondary N) is 1. The van der Waals surface area contributed by atoms with Crippen molar-refractivity contribution in [3.8, 4) is 0 Å². The van der Waals surface area contributed by atoms with E-state index >= 15 is 0 Å². The van der Waals surface area contributed by atoms with E-state index in [0.29, 0.717) is 0 Å². The van der Waals surface area contributed by atoms with Crippen molar-refractivity contribution in [3.05, 3.63) is 52.0 Å². The van der Waals surface area contributed by atoms with Crippen molar-refractivity contribution < 1.29 is 9.59 Å². The molecule has 0 bridgehead atoms. The van der Waals surface area contributed by atoms with Crippen LogP contribution in [-0.4, -0.2) is 35.8 Å². The molecule has 1 N–H and O–H groups in total. The minimum atomic E-state index is -0.678. The van der Waals surface area contributed by atoms with Crippen LogP contribution in [0.1, 0.15) is 29.2 Å². The maximum atomic E-state index is 12.4. The molecule has 5 nitrogen and oxygen atoms in total. The van der Waals surface area contributed by atoms with Gasteiger partial charge in [-0.1, -0.05) is 37.3 Å². The summed E-state index contributed by atoms with van der Waals surface area (Å²) in [5, 5.41) is 5.73. The van der Waals surface area contributed by atoms with Gasteiger partial charge in [-0.15, -0.1) is 11.3 Å². The summed E-state index contributed by atoms with van der Waals surface area (Å²) in [6, 6.07) is 8.58. The van der Waals surface area contributed by atoms with E-state index in [2.05, 4.69) is 10.3 Å². The third-order valence-corrected chi connectivity index (χ3v) is 4.41. The summed E-state index contributed by atoms with van der Waals surface area (Å²) in [5.74, 6) is -0.362. The van der Waals surface area contributed by atoms with E-state index in [1.165, 1.54) is 4.90 Å². The Labute approximate surface area is 140 Å². The van der Waals surface area contributed by atoms with Crippen LogP contribution in [0, 0.1) is 0 Å². The lowest BCUT2D eigenvalue weighted by Crippen LogP contribution is -2.40. The summed E-state index contributed by atoms with van der Waals surface area (Å²) in [7, 11) is 3.36. The number of likely N-dealkylation sites (N-methyl/N-ethyl adjacent to an activating group) is 1. The van der Waals surface area contributed by atoms with Crippen LogP contribution in [0.25, 0.3) is 0 Å². The third-order valence-electron chi connectivity index (χ3n) is 3.37. The van der Waals surface area contributed by atoms with Gasteiger partial charge in [0, 0.05) is 19.5 Å². The highest BCUT2D eigenvalue weighted by Gasteiger charge is 2.24. The lowest BCUT2D eigenvalue weighted by Gasteiger charge is -2.22. The Morgan fingerprint density at radius 1 is 1.26 bits per heavy atom. The molecule has 2 aromatic rings. The Morgan fingerprint density at radius 3 is 2.52 bits per heavy atom. The van der Waals surface area contributed by atoms with Crippen LogP contribution in [0.4, 0.5) is 0 Å². The maximum Gasteiger partial charge on any atom is 0.249 e. The molecule has 0 aliphatic carbocycles. The molecule has 0 saturated carbocycles. The predicted molar refractivity (Wildman–Crippen MR) is 91.2 cm³/mol. The molecule has 2 rings (SSSR count). The molecule has 122 valence electrons. The Kier molecular flexibility index (Phi) is 5.87. The standard InChI is InChI=1S/C17H21N3O2S/c1-4-15-18-13(11-23-15)10-14(21)19-16(17(22)20(2)3)12-8-6-5-7-9-12/h5-9,11,16H,4,10H2,1-3H3,(H,19,21)/t16-/m1/s1. The van der Waals surface area contributed by atoms with Crippen LogP contribution in [-0.2, 0) is 22.4 Å². The average Bonchev–Trinajstić information content (AvgIpc) is 3.00. The Morgan fingerprint density at radius 2 is 1.96 bits per heavy atom. The van der Waals surface area contributed by atoms with Crippen LogP contribution in [0.15, 0.2) is 35.7 Å². The largest absolute Gasteiger partial charge is 0.347 e. The number of aryl methyl sites for hydroxylation is 1. The number of thiazole rings is 1. The van der Waals surface area contributed by atoms with Gasteiger partial charge in [-0.2, -0.15) is 0 Å². The first kappa shape index (κ1) is 17.1. The molecule has 0 saturated heterocycles. The molecule has 0 spiro atoms. The monoisotopic (exact) mass is 331 g/mol. The fourth-order valence-corrected chi connectivity index (χ4v) is 2.91. The lowest BCUT2D eigenvalue weighted by atomic mass is 10.1. The molecule has 0 aliphatic rings. The first-order valence-corrected chi connectivity index (χ1v) is 8.38. The highest BCUT2D eigenvalue weighted by molar-refractivity contribution is 7.09. The fourth-order valence-electron chi connectivity index (χ4n) is 2.16. The molecule has 1 atom stereocenters. The Balaban J connectivity index is 2.10. The molecular formula is C17H21N3O2S. The van der Waals surface area contributed by atoms with E-state index < -0.39 is 6.04 Å². The summed E-state index contributed by atoms with van der Waals surface area (Å²) in [6.07, 6.45) is 1.04. The van der Waals surface area contributed by atoms with E-state index in [0.717, 1.165) is 22.7 Å². The zero-order valence-electron chi connectivity index (χ0n) is 13.6. The van der Waals surface area contributed by atoms with Crippen LogP contribution in [0.5, 0.6) is 0 Å². The van der Waals surface area contributed by atoms with E-state index in [1.807, 2.05) is 42.6 Å². The summed E-state index contributed by atoms with van der Waals surface area (Å²) in [4.78, 5) is 30.6. The van der Waals surface area contributed by atoms with Gasteiger partial charge in [0.25, 0.3) is 0 Å². The molecule has 0 unspecified atom stereocenters. The predicted octanol–water partition coefficient (Wildman–Crippen LogP) is 2.19. The van der Waals surface area contributed by atoms with Gasteiger partial charge in [-0.05, 0) is 12.0 Å². The number of rotatable bonds is 6. The van der Waals surface area contributed by atoms with Crippen LogP contribution in [0.3, 0.4) is 0 Å². The van der Waals surface area contributed by atoms with Crippen molar-refractivity contribution in [1.82, 2.24) is 15.2 Å². The van der Waals surface area contributed by atoms with Gasteiger partial charge in [0.1, 0.15) is 6.04 Å². The van der Waals surface area contributed by atoms with Crippen molar-refractivity contribution in [2.45, 2.75) is 25.8 Å². The van der Waals surface area contributed by atoms with Crippen LogP contribution in [0.2, 0.25) is 0 Å². The van der Waals surface area contributed by atoms with Gasteiger partial charge in [-0.3, -0.25) is 9.59 Å². The molecule has 1 aromatic heterocycles. The number of hydrogen-bond acceptors (Lipinski definition) is 4. The second kappa shape index (κ2) is 7.87. The molecule has 23 heavy (non-hydrogen) atoms. The third kappa shape index (κ3) is 4.63. The van der Waals surface area contributed by atoms with Gasteiger partial charge in [0.15, 0.2) is 0 Å². The molecule has 0 aliphatic heterocycles. The second-order valence-corrected chi connectivity index (χ2v) is 6.35. The number of carbonyl (C=O) groups is 2. The number of carbonyl (C=O) groups excluding carboxylic acids is 2.